The summed E-state index contributed by atoms with van der Waals surface area (Å²) in [6, 6.07) is 9.46. The van der Waals surface area contributed by atoms with E-state index in [-0.39, 0.29) is 18.6 Å². The lowest BCUT2D eigenvalue weighted by molar-refractivity contribution is 0.0729. The first-order valence-electron chi connectivity index (χ1n) is 8.14. The minimum Gasteiger partial charge on any atom is -0.484 e. The van der Waals surface area contributed by atoms with Crippen molar-refractivity contribution in [1.29, 1.82) is 0 Å². The van der Waals surface area contributed by atoms with Crippen molar-refractivity contribution in [2.45, 2.75) is 25.5 Å². The second kappa shape index (κ2) is 7.06. The molecule has 1 aliphatic rings. The Morgan fingerprint density at radius 2 is 2.24 bits per heavy atom. The van der Waals surface area contributed by atoms with Crippen LogP contribution in [0.2, 0.25) is 0 Å². The molecule has 1 aromatic carbocycles. The van der Waals surface area contributed by atoms with Gasteiger partial charge in [0, 0.05) is 18.1 Å². The van der Waals surface area contributed by atoms with E-state index >= 15 is 0 Å². The van der Waals surface area contributed by atoms with Gasteiger partial charge in [-0.2, -0.15) is 0 Å². The average molecular weight is 355 g/mol. The molecule has 7 heteroatoms. The summed E-state index contributed by atoms with van der Waals surface area (Å²) in [6.07, 6.45) is 5.08. The molecule has 128 valence electrons. The summed E-state index contributed by atoms with van der Waals surface area (Å²) in [5.41, 5.74) is 0.315. The van der Waals surface area contributed by atoms with Gasteiger partial charge in [-0.15, -0.1) is 11.3 Å². The minimum atomic E-state index is -0.118. The van der Waals surface area contributed by atoms with Gasteiger partial charge in [0.2, 0.25) is 5.89 Å². The number of oxazole rings is 1. The highest BCUT2D eigenvalue weighted by molar-refractivity contribution is 7.09. The molecule has 6 nitrogen and oxygen atoms in total. The van der Waals surface area contributed by atoms with E-state index < -0.39 is 0 Å². The maximum Gasteiger partial charge on any atom is 0.276 e. The Balaban J connectivity index is 1.43. The summed E-state index contributed by atoms with van der Waals surface area (Å²) in [7, 11) is 0. The van der Waals surface area contributed by atoms with Crippen molar-refractivity contribution >= 4 is 17.2 Å². The maximum atomic E-state index is 12.8. The van der Waals surface area contributed by atoms with Gasteiger partial charge in [0.1, 0.15) is 17.0 Å². The van der Waals surface area contributed by atoms with Crippen LogP contribution in [0.15, 0.2) is 52.6 Å². The van der Waals surface area contributed by atoms with Crippen LogP contribution in [0.4, 0.5) is 0 Å². The standard InChI is InChI=1S/C18H17N3O3S/c22-18(21-9-4-7-15(21)17-19-8-10-25-17)14-11-24-16(20-14)12-23-13-5-2-1-3-6-13/h1-3,5-6,8,10-11,15H,4,7,9,12H2/t15-/m0/s1. The van der Waals surface area contributed by atoms with Crippen molar-refractivity contribution in [2.75, 3.05) is 6.54 Å². The van der Waals surface area contributed by atoms with Crippen molar-refractivity contribution in [2.24, 2.45) is 0 Å². The van der Waals surface area contributed by atoms with Gasteiger partial charge in [-0.1, -0.05) is 18.2 Å². The highest BCUT2D eigenvalue weighted by Crippen LogP contribution is 2.33. The molecular formula is C18H17N3O3S. The number of carbonyl (C=O) groups excluding carboxylic acids is 1. The Morgan fingerprint density at radius 1 is 1.36 bits per heavy atom. The fraction of sp³-hybridized carbons (Fsp3) is 0.278. The highest BCUT2D eigenvalue weighted by Gasteiger charge is 2.33. The van der Waals surface area contributed by atoms with E-state index in [4.69, 9.17) is 9.15 Å². The van der Waals surface area contributed by atoms with Crippen LogP contribution >= 0.6 is 11.3 Å². The van der Waals surface area contributed by atoms with Crippen LogP contribution in [0.25, 0.3) is 0 Å². The first-order chi connectivity index (χ1) is 12.3. The highest BCUT2D eigenvalue weighted by atomic mass is 32.1. The fourth-order valence-electron chi connectivity index (χ4n) is 2.95. The normalized spacial score (nSPS) is 17.0. The molecule has 0 radical (unpaired) electrons. The molecule has 1 aliphatic heterocycles. The number of benzene rings is 1. The second-order valence-electron chi connectivity index (χ2n) is 5.76. The van der Waals surface area contributed by atoms with E-state index in [2.05, 4.69) is 9.97 Å². The number of para-hydroxylation sites is 1. The van der Waals surface area contributed by atoms with Gasteiger partial charge < -0.3 is 14.1 Å². The fourth-order valence-corrected chi connectivity index (χ4v) is 3.73. The first kappa shape index (κ1) is 15.8. The van der Waals surface area contributed by atoms with Crippen LogP contribution in [0.1, 0.15) is 40.3 Å². The Morgan fingerprint density at radius 3 is 3.04 bits per heavy atom. The maximum absolute atomic E-state index is 12.8. The van der Waals surface area contributed by atoms with Crippen LogP contribution in [0.3, 0.4) is 0 Å². The van der Waals surface area contributed by atoms with Gasteiger partial charge in [0.15, 0.2) is 12.3 Å². The average Bonchev–Trinajstić information content (AvgIpc) is 3.41. The Hall–Kier alpha value is -2.67. The molecule has 0 unspecified atom stereocenters. The van der Waals surface area contributed by atoms with Crippen LogP contribution in [-0.2, 0) is 6.61 Å². The van der Waals surface area contributed by atoms with Crippen molar-refractivity contribution in [3.63, 3.8) is 0 Å². The van der Waals surface area contributed by atoms with Crippen molar-refractivity contribution < 1.29 is 13.9 Å². The van der Waals surface area contributed by atoms with E-state index in [0.29, 0.717) is 18.1 Å². The quantitative estimate of drug-likeness (QED) is 0.698. The summed E-state index contributed by atoms with van der Waals surface area (Å²) < 4.78 is 11.0. The molecule has 0 spiro atoms. The lowest BCUT2D eigenvalue weighted by Gasteiger charge is -2.21. The topological polar surface area (TPSA) is 68.5 Å². The zero-order valence-corrected chi connectivity index (χ0v) is 14.3. The number of nitrogens with zero attached hydrogens (tertiary/aromatic N) is 3. The molecule has 1 atom stereocenters. The molecule has 0 aliphatic carbocycles. The molecule has 2 aromatic heterocycles. The van der Waals surface area contributed by atoms with Gasteiger partial charge in [0.05, 0.1) is 6.04 Å². The number of ether oxygens (including phenoxy) is 1. The number of rotatable bonds is 5. The van der Waals surface area contributed by atoms with Crippen molar-refractivity contribution in [1.82, 2.24) is 14.9 Å². The molecule has 25 heavy (non-hydrogen) atoms. The van der Waals surface area contributed by atoms with Gasteiger partial charge >= 0.3 is 0 Å². The van der Waals surface area contributed by atoms with Crippen LogP contribution in [0, 0.1) is 0 Å². The predicted molar refractivity (Wildman–Crippen MR) is 92.4 cm³/mol. The van der Waals surface area contributed by atoms with Crippen molar-refractivity contribution in [3.8, 4) is 5.75 Å². The molecule has 0 N–H and O–H groups in total. The smallest absolute Gasteiger partial charge is 0.276 e. The monoisotopic (exact) mass is 355 g/mol. The first-order valence-corrected chi connectivity index (χ1v) is 9.02. The zero-order chi connectivity index (χ0) is 17.1. The third-order valence-corrected chi connectivity index (χ3v) is 5.00. The zero-order valence-electron chi connectivity index (χ0n) is 13.5. The van der Waals surface area contributed by atoms with Gasteiger partial charge in [-0.3, -0.25) is 4.79 Å². The van der Waals surface area contributed by atoms with Gasteiger partial charge in [-0.25, -0.2) is 9.97 Å². The summed E-state index contributed by atoms with van der Waals surface area (Å²) in [6.45, 7) is 0.902. The summed E-state index contributed by atoms with van der Waals surface area (Å²) >= 11 is 1.58. The van der Waals surface area contributed by atoms with E-state index in [0.717, 1.165) is 23.6 Å². The number of hydrogen-bond donors (Lipinski definition) is 0. The van der Waals surface area contributed by atoms with Crippen LogP contribution in [-0.4, -0.2) is 27.3 Å². The molecule has 0 bridgehead atoms. The van der Waals surface area contributed by atoms with Gasteiger partial charge in [0.25, 0.3) is 5.91 Å². The van der Waals surface area contributed by atoms with E-state index in [9.17, 15) is 4.79 Å². The molecule has 1 amide bonds. The number of aromatic nitrogens is 2. The molecule has 1 fully saturated rings. The molecule has 1 saturated heterocycles. The molecular weight excluding hydrogens is 338 g/mol. The van der Waals surface area contributed by atoms with Crippen molar-refractivity contribution in [3.05, 3.63) is 64.8 Å². The number of hydrogen-bond acceptors (Lipinski definition) is 6. The van der Waals surface area contributed by atoms with E-state index in [1.54, 1.807) is 17.5 Å². The number of thiazole rings is 1. The predicted octanol–water partition coefficient (Wildman–Crippen LogP) is 3.69. The molecule has 0 saturated carbocycles. The Kier molecular flexibility index (Phi) is 4.47. The lowest BCUT2D eigenvalue weighted by atomic mass is 10.2. The summed E-state index contributed by atoms with van der Waals surface area (Å²) in [4.78, 5) is 23.3. The SMILES string of the molecule is O=C(c1coc(COc2ccccc2)n1)N1CCC[C@H]1c1nccs1. The Bertz CT molecular complexity index is 832. The minimum absolute atomic E-state index is 0.0354. The molecule has 3 aromatic rings. The second-order valence-corrected chi connectivity index (χ2v) is 6.68. The number of carbonyl (C=O) groups is 1. The molecule has 3 heterocycles. The van der Waals surface area contributed by atoms with Crippen LogP contribution in [0.5, 0.6) is 5.75 Å². The lowest BCUT2D eigenvalue weighted by Crippen LogP contribution is -2.30. The summed E-state index contributed by atoms with van der Waals surface area (Å²) in [5.74, 6) is 1.00. The van der Waals surface area contributed by atoms with Crippen LogP contribution < -0.4 is 4.74 Å². The number of likely N-dealkylation sites (tertiary alicyclic amines) is 1. The van der Waals surface area contributed by atoms with Gasteiger partial charge in [-0.05, 0) is 25.0 Å². The van der Waals surface area contributed by atoms with E-state index in [1.807, 2.05) is 40.6 Å². The van der Waals surface area contributed by atoms with E-state index in [1.165, 1.54) is 6.26 Å². The third-order valence-electron chi connectivity index (χ3n) is 4.13. The largest absolute Gasteiger partial charge is 0.484 e. The molecule has 4 rings (SSSR count). The summed E-state index contributed by atoms with van der Waals surface area (Å²) in [5, 5.41) is 2.91. The third kappa shape index (κ3) is 3.41. The number of amides is 1. The Labute approximate surface area is 149 Å².